The van der Waals surface area contributed by atoms with Crippen LogP contribution in [0.1, 0.15) is 0 Å². The summed E-state index contributed by atoms with van der Waals surface area (Å²) in [6.45, 7) is 0. The number of hydrogen-bond acceptors (Lipinski definition) is 5. The number of pyridine rings is 1. The van der Waals surface area contributed by atoms with Gasteiger partial charge in [0.1, 0.15) is 10.8 Å². The fraction of sp³-hybridized carbons (Fsp3) is 0.0769. The summed E-state index contributed by atoms with van der Waals surface area (Å²) in [5.74, 6) is -3.20. The van der Waals surface area contributed by atoms with Crippen molar-refractivity contribution in [3.63, 3.8) is 0 Å². The molecule has 0 radical (unpaired) electrons. The van der Waals surface area contributed by atoms with Crippen LogP contribution in [0.2, 0.25) is 10.0 Å². The van der Waals surface area contributed by atoms with Crippen LogP contribution in [0.5, 0.6) is 11.6 Å². The van der Waals surface area contributed by atoms with E-state index in [0.717, 1.165) is 19.2 Å². The number of anilines is 1. The van der Waals surface area contributed by atoms with Gasteiger partial charge in [0.25, 0.3) is 0 Å². The van der Waals surface area contributed by atoms with Crippen molar-refractivity contribution in [2.45, 2.75) is 0 Å². The molecule has 2 aromatic rings. The Morgan fingerprint density at radius 3 is 2.57 bits per heavy atom. The second-order valence-electron chi connectivity index (χ2n) is 4.15. The fourth-order valence-electron chi connectivity index (χ4n) is 1.80. The van der Waals surface area contributed by atoms with Crippen molar-refractivity contribution < 1.29 is 28.2 Å². The van der Waals surface area contributed by atoms with Crippen molar-refractivity contribution in [2.24, 2.45) is 0 Å². The summed E-state index contributed by atoms with van der Waals surface area (Å²) in [7, 11) is 1.15. The van der Waals surface area contributed by atoms with E-state index in [2.05, 4.69) is 9.72 Å². The second kappa shape index (κ2) is 6.43. The van der Waals surface area contributed by atoms with Crippen LogP contribution in [0.25, 0.3) is 11.3 Å². The number of rotatable bonds is 3. The van der Waals surface area contributed by atoms with Gasteiger partial charge in [0.15, 0.2) is 11.6 Å². The van der Waals surface area contributed by atoms with Gasteiger partial charge < -0.3 is 20.3 Å². The normalized spacial score (nSPS) is 10.5. The lowest BCUT2D eigenvalue weighted by atomic mass is 10.1. The van der Waals surface area contributed by atoms with Gasteiger partial charge in [-0.3, -0.25) is 0 Å². The van der Waals surface area contributed by atoms with Gasteiger partial charge in [-0.1, -0.05) is 23.2 Å². The number of carboxylic acid groups (broad SMARTS) is 1. The Kier molecular flexibility index (Phi) is 4.76. The number of hydrogen-bond donors (Lipinski definition) is 2. The summed E-state index contributed by atoms with van der Waals surface area (Å²) in [4.78, 5) is 14.3. The van der Waals surface area contributed by atoms with E-state index in [0.29, 0.717) is 0 Å². The standard InChI is InChI=1S/C13H8Cl2F2N2O4/c1-22-11-4(14)2-5(16)8(10(11)17)7-3-6(18)9(15)12(19-7)23-13(20)21/h2-3H,1H3,(H2,18,19)(H,20,21). The zero-order chi connectivity index (χ0) is 17.3. The number of nitrogens with zero attached hydrogens (tertiary/aromatic N) is 1. The first-order chi connectivity index (χ1) is 10.8. The van der Waals surface area contributed by atoms with Gasteiger partial charge in [-0.05, 0) is 12.1 Å². The van der Waals surface area contributed by atoms with Gasteiger partial charge in [0.05, 0.1) is 29.1 Å². The SMILES string of the molecule is COc1c(Cl)cc(F)c(-c2cc(N)c(Cl)c(OC(=O)O)n2)c1F. The molecule has 0 bridgehead atoms. The second-order valence-corrected chi connectivity index (χ2v) is 4.93. The predicted molar refractivity (Wildman–Crippen MR) is 79.2 cm³/mol. The number of nitrogen functional groups attached to an aromatic ring is 1. The summed E-state index contributed by atoms with van der Waals surface area (Å²) in [5, 5.41) is 8.03. The monoisotopic (exact) mass is 364 g/mol. The average Bonchev–Trinajstić information content (AvgIpc) is 2.43. The molecule has 1 aromatic carbocycles. The highest BCUT2D eigenvalue weighted by molar-refractivity contribution is 6.34. The smallest absolute Gasteiger partial charge is 0.492 e. The van der Waals surface area contributed by atoms with Crippen LogP contribution in [-0.2, 0) is 0 Å². The average molecular weight is 365 g/mol. The number of nitrogens with two attached hydrogens (primary N) is 1. The predicted octanol–water partition coefficient (Wildman–Crippen LogP) is 3.98. The minimum absolute atomic E-state index is 0.180. The van der Waals surface area contributed by atoms with Crippen molar-refractivity contribution >= 4 is 35.0 Å². The van der Waals surface area contributed by atoms with Crippen LogP contribution in [0.4, 0.5) is 19.3 Å². The van der Waals surface area contributed by atoms with Crippen LogP contribution >= 0.6 is 23.2 Å². The van der Waals surface area contributed by atoms with Crippen LogP contribution < -0.4 is 15.2 Å². The maximum atomic E-state index is 14.4. The van der Waals surface area contributed by atoms with Crippen molar-refractivity contribution in [1.29, 1.82) is 0 Å². The Bertz CT molecular complexity index is 802. The molecule has 0 amide bonds. The number of ether oxygens (including phenoxy) is 2. The van der Waals surface area contributed by atoms with Crippen LogP contribution in [-0.4, -0.2) is 23.4 Å². The first-order valence-electron chi connectivity index (χ1n) is 5.84. The first-order valence-corrected chi connectivity index (χ1v) is 6.60. The first kappa shape index (κ1) is 17.0. The fourth-order valence-corrected chi connectivity index (χ4v) is 2.19. The highest BCUT2D eigenvalue weighted by Gasteiger charge is 2.23. The number of aromatic nitrogens is 1. The molecule has 0 saturated carbocycles. The zero-order valence-electron chi connectivity index (χ0n) is 11.4. The highest BCUT2D eigenvalue weighted by Crippen LogP contribution is 2.39. The summed E-state index contributed by atoms with van der Waals surface area (Å²) >= 11 is 11.4. The molecule has 0 fully saturated rings. The molecule has 1 aromatic heterocycles. The molecular formula is C13H8Cl2F2N2O4. The largest absolute Gasteiger partial charge is 0.512 e. The van der Waals surface area contributed by atoms with Crippen LogP contribution in [0.3, 0.4) is 0 Å². The quantitative estimate of drug-likeness (QED) is 0.799. The van der Waals surface area contributed by atoms with Crippen molar-refractivity contribution in [3.05, 3.63) is 33.8 Å². The molecule has 122 valence electrons. The van der Waals surface area contributed by atoms with Crippen LogP contribution in [0, 0.1) is 11.6 Å². The lowest BCUT2D eigenvalue weighted by Crippen LogP contribution is -2.07. The Hall–Kier alpha value is -2.32. The van der Waals surface area contributed by atoms with Gasteiger partial charge in [0.2, 0.25) is 5.88 Å². The number of benzene rings is 1. The molecule has 0 atom stereocenters. The molecule has 3 N–H and O–H groups in total. The maximum absolute atomic E-state index is 14.4. The summed E-state index contributed by atoms with van der Waals surface area (Å²) < 4.78 is 37.6. The van der Waals surface area contributed by atoms with Crippen molar-refractivity contribution in [1.82, 2.24) is 4.98 Å². The van der Waals surface area contributed by atoms with Crippen molar-refractivity contribution in [2.75, 3.05) is 12.8 Å². The molecule has 0 aliphatic rings. The zero-order valence-corrected chi connectivity index (χ0v) is 12.9. The number of carbonyl (C=O) groups is 1. The van der Waals surface area contributed by atoms with E-state index in [9.17, 15) is 13.6 Å². The summed E-state index contributed by atoms with van der Waals surface area (Å²) in [6, 6.07) is 1.88. The molecular weight excluding hydrogens is 357 g/mol. The molecule has 23 heavy (non-hydrogen) atoms. The van der Waals surface area contributed by atoms with Crippen molar-refractivity contribution in [3.8, 4) is 22.9 Å². The van der Waals surface area contributed by atoms with E-state index < -0.39 is 35.0 Å². The minimum atomic E-state index is -1.72. The third kappa shape index (κ3) is 3.22. The Labute approximate surface area is 138 Å². The Morgan fingerprint density at radius 2 is 2.00 bits per heavy atom. The summed E-state index contributed by atoms with van der Waals surface area (Å²) in [6.07, 6.45) is -1.72. The highest BCUT2D eigenvalue weighted by atomic mass is 35.5. The maximum Gasteiger partial charge on any atom is 0.512 e. The van der Waals surface area contributed by atoms with E-state index in [-0.39, 0.29) is 21.4 Å². The Morgan fingerprint density at radius 1 is 1.35 bits per heavy atom. The molecule has 0 aliphatic heterocycles. The van der Waals surface area contributed by atoms with E-state index in [1.807, 2.05) is 0 Å². The van der Waals surface area contributed by atoms with Crippen LogP contribution in [0.15, 0.2) is 12.1 Å². The molecule has 6 nitrogen and oxygen atoms in total. The molecule has 0 spiro atoms. The third-order valence-corrected chi connectivity index (χ3v) is 3.39. The van der Waals surface area contributed by atoms with Gasteiger partial charge >= 0.3 is 6.16 Å². The van der Waals surface area contributed by atoms with E-state index in [1.165, 1.54) is 0 Å². The molecule has 10 heteroatoms. The lowest BCUT2D eigenvalue weighted by molar-refractivity contribution is 0.142. The van der Waals surface area contributed by atoms with Gasteiger partial charge in [-0.2, -0.15) is 0 Å². The Balaban J connectivity index is 2.72. The third-order valence-electron chi connectivity index (χ3n) is 2.73. The number of methoxy groups -OCH3 is 1. The summed E-state index contributed by atoms with van der Waals surface area (Å²) in [5.41, 5.74) is 4.45. The topological polar surface area (TPSA) is 94.7 Å². The molecule has 1 heterocycles. The van der Waals surface area contributed by atoms with Gasteiger partial charge in [-0.15, -0.1) is 0 Å². The number of halogens is 4. The molecule has 0 aliphatic carbocycles. The molecule has 2 rings (SSSR count). The molecule has 0 saturated heterocycles. The van der Waals surface area contributed by atoms with E-state index >= 15 is 0 Å². The van der Waals surface area contributed by atoms with E-state index in [1.54, 1.807) is 0 Å². The minimum Gasteiger partial charge on any atom is -0.492 e. The van der Waals surface area contributed by atoms with E-state index in [4.69, 9.17) is 38.8 Å². The van der Waals surface area contributed by atoms with Gasteiger partial charge in [0, 0.05) is 0 Å². The molecule has 0 unspecified atom stereocenters. The lowest BCUT2D eigenvalue weighted by Gasteiger charge is -2.12. The van der Waals surface area contributed by atoms with Gasteiger partial charge in [-0.25, -0.2) is 18.6 Å².